The van der Waals surface area contributed by atoms with Crippen LogP contribution in [0.15, 0.2) is 47.4 Å². The highest BCUT2D eigenvalue weighted by molar-refractivity contribution is 8.00. The molecule has 1 aliphatic rings. The minimum Gasteiger partial charge on any atom is -0.487 e. The topological polar surface area (TPSA) is 38.3 Å². The molecule has 0 aromatic heterocycles. The van der Waals surface area contributed by atoms with Crippen LogP contribution < -0.4 is 10.1 Å². The van der Waals surface area contributed by atoms with Crippen LogP contribution in [0.1, 0.15) is 37.4 Å². The molecular weight excluding hydrogens is 354 g/mol. The summed E-state index contributed by atoms with van der Waals surface area (Å²) in [6, 6.07) is 13.6. The Bertz CT molecular complexity index is 774. The third-order valence-corrected chi connectivity index (χ3v) is 5.41. The number of carbonyl (C=O) groups is 1. The Morgan fingerprint density at radius 2 is 2.00 bits per heavy atom. The Hall–Kier alpha value is -1.65. The highest BCUT2D eigenvalue weighted by atomic mass is 35.5. The molecule has 1 aliphatic heterocycles. The monoisotopic (exact) mass is 375 g/mol. The van der Waals surface area contributed by atoms with Gasteiger partial charge in [-0.15, -0.1) is 11.8 Å². The zero-order chi connectivity index (χ0) is 18.0. The number of halogens is 1. The van der Waals surface area contributed by atoms with E-state index in [9.17, 15) is 4.79 Å². The lowest BCUT2D eigenvalue weighted by molar-refractivity contribution is -0.119. The van der Waals surface area contributed by atoms with Crippen molar-refractivity contribution in [2.45, 2.75) is 43.7 Å². The summed E-state index contributed by atoms with van der Waals surface area (Å²) in [6.45, 7) is 6.15. The number of aryl methyl sites for hydroxylation is 1. The van der Waals surface area contributed by atoms with Gasteiger partial charge in [0.15, 0.2) is 0 Å². The van der Waals surface area contributed by atoms with Gasteiger partial charge in [-0.1, -0.05) is 23.7 Å². The van der Waals surface area contributed by atoms with E-state index in [0.29, 0.717) is 10.8 Å². The molecule has 1 atom stereocenters. The molecule has 0 spiro atoms. The van der Waals surface area contributed by atoms with Gasteiger partial charge in [-0.2, -0.15) is 0 Å². The van der Waals surface area contributed by atoms with Crippen molar-refractivity contribution in [2.24, 2.45) is 0 Å². The number of hydrogen-bond donors (Lipinski definition) is 1. The molecule has 2 aromatic carbocycles. The van der Waals surface area contributed by atoms with Gasteiger partial charge < -0.3 is 10.1 Å². The largest absolute Gasteiger partial charge is 0.487 e. The first-order valence-electron chi connectivity index (χ1n) is 8.30. The predicted molar refractivity (Wildman–Crippen MR) is 104 cm³/mol. The quantitative estimate of drug-likeness (QED) is 0.750. The number of benzene rings is 2. The minimum atomic E-state index is -0.304. The van der Waals surface area contributed by atoms with E-state index in [1.54, 1.807) is 0 Å². The minimum absolute atomic E-state index is 0.0224. The van der Waals surface area contributed by atoms with Crippen LogP contribution in [0.5, 0.6) is 5.75 Å². The van der Waals surface area contributed by atoms with Gasteiger partial charge in [0.25, 0.3) is 0 Å². The Labute approximate surface area is 158 Å². The normalized spacial score (nSPS) is 18.2. The van der Waals surface area contributed by atoms with E-state index in [1.807, 2.05) is 37.3 Å². The molecule has 0 unspecified atom stereocenters. The fourth-order valence-corrected chi connectivity index (χ4v) is 3.84. The lowest BCUT2D eigenvalue weighted by Gasteiger charge is -2.38. The van der Waals surface area contributed by atoms with Crippen LogP contribution >= 0.6 is 23.4 Å². The number of rotatable bonds is 4. The van der Waals surface area contributed by atoms with Crippen molar-refractivity contribution < 1.29 is 9.53 Å². The number of carbonyl (C=O) groups excluding carboxylic acids is 1. The molecule has 0 saturated heterocycles. The van der Waals surface area contributed by atoms with E-state index in [2.05, 4.69) is 31.3 Å². The second-order valence-corrected chi connectivity index (χ2v) is 8.46. The summed E-state index contributed by atoms with van der Waals surface area (Å²) in [6.07, 6.45) is 0.750. The van der Waals surface area contributed by atoms with Gasteiger partial charge in [-0.25, -0.2) is 0 Å². The van der Waals surface area contributed by atoms with Crippen LogP contribution in [0.25, 0.3) is 0 Å². The lowest BCUT2D eigenvalue weighted by atomic mass is 9.89. The molecule has 3 rings (SSSR count). The third kappa shape index (κ3) is 4.71. The van der Waals surface area contributed by atoms with Crippen molar-refractivity contribution in [2.75, 3.05) is 5.75 Å². The lowest BCUT2D eigenvalue weighted by Crippen LogP contribution is -2.41. The Morgan fingerprint density at radius 1 is 1.28 bits per heavy atom. The highest BCUT2D eigenvalue weighted by Gasteiger charge is 2.34. The van der Waals surface area contributed by atoms with Gasteiger partial charge in [0, 0.05) is 21.9 Å². The molecule has 0 aliphatic carbocycles. The van der Waals surface area contributed by atoms with Crippen LogP contribution in [0.2, 0.25) is 5.02 Å². The molecule has 0 radical (unpaired) electrons. The molecule has 2 aromatic rings. The smallest absolute Gasteiger partial charge is 0.230 e. The number of ether oxygens (including phenoxy) is 1. The van der Waals surface area contributed by atoms with Crippen molar-refractivity contribution in [1.82, 2.24) is 5.32 Å². The zero-order valence-electron chi connectivity index (χ0n) is 14.6. The van der Waals surface area contributed by atoms with Crippen molar-refractivity contribution in [3.63, 3.8) is 0 Å². The van der Waals surface area contributed by atoms with Gasteiger partial charge in [-0.3, -0.25) is 4.79 Å². The SMILES string of the molecule is Cc1ccc2c(c1)OC(C)(C)C[C@@H]2NC(=O)CSc1ccc(Cl)cc1. The van der Waals surface area contributed by atoms with Gasteiger partial charge >= 0.3 is 0 Å². The summed E-state index contributed by atoms with van der Waals surface area (Å²) >= 11 is 7.40. The van der Waals surface area contributed by atoms with Crippen molar-refractivity contribution in [3.8, 4) is 5.75 Å². The Kier molecular flexibility index (Phi) is 5.30. The third-order valence-electron chi connectivity index (χ3n) is 4.15. The average Bonchev–Trinajstić information content (AvgIpc) is 2.52. The first-order chi connectivity index (χ1) is 11.8. The van der Waals surface area contributed by atoms with E-state index in [4.69, 9.17) is 16.3 Å². The second-order valence-electron chi connectivity index (χ2n) is 6.97. The molecule has 25 heavy (non-hydrogen) atoms. The summed E-state index contributed by atoms with van der Waals surface area (Å²) in [5.41, 5.74) is 1.90. The predicted octanol–water partition coefficient (Wildman–Crippen LogP) is 5.16. The van der Waals surface area contributed by atoms with Gasteiger partial charge in [0.2, 0.25) is 5.91 Å². The van der Waals surface area contributed by atoms with Crippen LogP contribution in [0, 0.1) is 6.92 Å². The summed E-state index contributed by atoms with van der Waals surface area (Å²) in [4.78, 5) is 13.5. The number of nitrogens with one attached hydrogen (secondary N) is 1. The van der Waals surface area contributed by atoms with Gasteiger partial charge in [0.05, 0.1) is 11.8 Å². The van der Waals surface area contributed by atoms with Crippen molar-refractivity contribution in [1.29, 1.82) is 0 Å². The molecule has 1 heterocycles. The number of thioether (sulfide) groups is 1. The van der Waals surface area contributed by atoms with Gasteiger partial charge in [0.1, 0.15) is 11.4 Å². The molecule has 0 fully saturated rings. The summed E-state index contributed by atoms with van der Waals surface area (Å²) in [5, 5.41) is 3.87. The van der Waals surface area contributed by atoms with E-state index in [0.717, 1.165) is 28.2 Å². The zero-order valence-corrected chi connectivity index (χ0v) is 16.2. The first kappa shape index (κ1) is 18.2. The van der Waals surface area contributed by atoms with E-state index in [1.165, 1.54) is 11.8 Å². The molecule has 0 bridgehead atoms. The molecule has 0 saturated carbocycles. The van der Waals surface area contributed by atoms with Crippen LogP contribution in [-0.2, 0) is 4.79 Å². The highest BCUT2D eigenvalue weighted by Crippen LogP contribution is 2.40. The van der Waals surface area contributed by atoms with Crippen LogP contribution in [0.4, 0.5) is 0 Å². The van der Waals surface area contributed by atoms with Crippen LogP contribution in [0.3, 0.4) is 0 Å². The first-order valence-corrected chi connectivity index (χ1v) is 9.66. The summed E-state index contributed by atoms with van der Waals surface area (Å²) in [7, 11) is 0. The molecular formula is C20H22ClNO2S. The number of amides is 1. The van der Waals surface area contributed by atoms with E-state index < -0.39 is 0 Å². The van der Waals surface area contributed by atoms with Crippen LogP contribution in [-0.4, -0.2) is 17.3 Å². The summed E-state index contributed by atoms with van der Waals surface area (Å²) in [5.74, 6) is 1.27. The molecule has 1 N–H and O–H groups in total. The standard InChI is InChI=1S/C20H22ClNO2S/c1-13-4-9-16-17(11-20(2,3)24-18(16)10-13)22-19(23)12-25-15-7-5-14(21)6-8-15/h4-10,17H,11-12H2,1-3H3,(H,22,23)/t17-/m0/s1. The fraction of sp³-hybridized carbons (Fsp3) is 0.350. The average molecular weight is 376 g/mol. The summed E-state index contributed by atoms with van der Waals surface area (Å²) < 4.78 is 6.08. The maximum atomic E-state index is 12.4. The number of hydrogen-bond acceptors (Lipinski definition) is 3. The van der Waals surface area contributed by atoms with Gasteiger partial charge in [-0.05, 0) is 56.7 Å². The molecule has 3 nitrogen and oxygen atoms in total. The van der Waals surface area contributed by atoms with E-state index >= 15 is 0 Å². The Morgan fingerprint density at radius 3 is 2.72 bits per heavy atom. The second kappa shape index (κ2) is 7.30. The maximum Gasteiger partial charge on any atom is 0.230 e. The molecule has 1 amide bonds. The molecule has 5 heteroatoms. The Balaban J connectivity index is 1.67. The fourth-order valence-electron chi connectivity index (χ4n) is 3.00. The maximum absolute atomic E-state index is 12.4. The number of fused-ring (bicyclic) bond motifs is 1. The van der Waals surface area contributed by atoms with E-state index in [-0.39, 0.29) is 17.6 Å². The van der Waals surface area contributed by atoms with Crippen molar-refractivity contribution in [3.05, 3.63) is 58.6 Å². The molecule has 132 valence electrons. The van der Waals surface area contributed by atoms with Crippen molar-refractivity contribution >= 4 is 29.3 Å².